The number of anilines is 1. The second-order valence-corrected chi connectivity index (χ2v) is 5.62. The Kier molecular flexibility index (Phi) is 3.98. The van der Waals surface area contributed by atoms with E-state index in [0.29, 0.717) is 29.4 Å². The molecule has 112 valence electrons. The van der Waals surface area contributed by atoms with Gasteiger partial charge in [0.05, 0.1) is 10.7 Å². The van der Waals surface area contributed by atoms with Crippen molar-refractivity contribution in [1.82, 2.24) is 16.0 Å². The lowest BCUT2D eigenvalue weighted by atomic mass is 10.1. The monoisotopic (exact) mass is 308 g/mol. The first-order chi connectivity index (χ1) is 10.1. The fraction of sp³-hybridized carbons (Fsp3) is 0.429. The van der Waals surface area contributed by atoms with E-state index in [1.807, 2.05) is 0 Å². The third-order valence-corrected chi connectivity index (χ3v) is 4.07. The predicted molar refractivity (Wildman–Crippen MR) is 80.9 cm³/mol. The highest BCUT2D eigenvalue weighted by Crippen LogP contribution is 2.28. The quantitative estimate of drug-likeness (QED) is 0.779. The van der Waals surface area contributed by atoms with E-state index in [1.165, 1.54) is 0 Å². The SMILES string of the molecule is O=C(NC1CCNC1)c1ccc(Cl)c(N2CCNC2=O)c1. The maximum Gasteiger partial charge on any atom is 0.322 e. The molecule has 1 unspecified atom stereocenters. The van der Waals surface area contributed by atoms with Crippen molar-refractivity contribution in [3.05, 3.63) is 28.8 Å². The molecule has 1 aromatic rings. The van der Waals surface area contributed by atoms with Gasteiger partial charge in [-0.1, -0.05) is 11.6 Å². The Labute approximate surface area is 127 Å². The summed E-state index contributed by atoms with van der Waals surface area (Å²) in [7, 11) is 0. The van der Waals surface area contributed by atoms with E-state index in [-0.39, 0.29) is 18.0 Å². The third-order valence-electron chi connectivity index (χ3n) is 3.75. The van der Waals surface area contributed by atoms with Crippen LogP contribution in [0.2, 0.25) is 5.02 Å². The number of hydrogen-bond acceptors (Lipinski definition) is 3. The van der Waals surface area contributed by atoms with E-state index in [0.717, 1.165) is 19.5 Å². The normalized spacial score (nSPS) is 21.5. The Morgan fingerprint density at radius 2 is 2.24 bits per heavy atom. The zero-order chi connectivity index (χ0) is 14.8. The molecule has 6 nitrogen and oxygen atoms in total. The molecule has 3 amide bonds. The number of amides is 3. The van der Waals surface area contributed by atoms with Crippen molar-refractivity contribution < 1.29 is 9.59 Å². The van der Waals surface area contributed by atoms with Gasteiger partial charge in [0.1, 0.15) is 0 Å². The highest BCUT2D eigenvalue weighted by atomic mass is 35.5. The van der Waals surface area contributed by atoms with Gasteiger partial charge in [-0.3, -0.25) is 9.69 Å². The number of hydrogen-bond donors (Lipinski definition) is 3. The molecular weight excluding hydrogens is 292 g/mol. The van der Waals surface area contributed by atoms with Gasteiger partial charge in [-0.2, -0.15) is 0 Å². The molecule has 7 heteroatoms. The second kappa shape index (κ2) is 5.91. The van der Waals surface area contributed by atoms with Gasteiger partial charge >= 0.3 is 6.03 Å². The van der Waals surface area contributed by atoms with E-state index in [1.54, 1.807) is 23.1 Å². The first-order valence-electron chi connectivity index (χ1n) is 7.01. The lowest BCUT2D eigenvalue weighted by molar-refractivity contribution is 0.0940. The van der Waals surface area contributed by atoms with Gasteiger partial charge < -0.3 is 16.0 Å². The van der Waals surface area contributed by atoms with Crippen LogP contribution in [0.3, 0.4) is 0 Å². The maximum absolute atomic E-state index is 12.3. The zero-order valence-electron chi connectivity index (χ0n) is 11.5. The van der Waals surface area contributed by atoms with Gasteiger partial charge in [0.15, 0.2) is 0 Å². The van der Waals surface area contributed by atoms with Crippen molar-refractivity contribution in [2.75, 3.05) is 31.1 Å². The summed E-state index contributed by atoms with van der Waals surface area (Å²) in [6.07, 6.45) is 0.931. The van der Waals surface area contributed by atoms with Crippen LogP contribution in [0.1, 0.15) is 16.8 Å². The summed E-state index contributed by atoms with van der Waals surface area (Å²) in [5.74, 6) is -0.138. The molecule has 0 aliphatic carbocycles. The number of carbonyl (C=O) groups excluding carboxylic acids is 2. The Morgan fingerprint density at radius 1 is 1.38 bits per heavy atom. The smallest absolute Gasteiger partial charge is 0.322 e. The summed E-state index contributed by atoms with van der Waals surface area (Å²) in [5, 5.41) is 9.37. The average molecular weight is 309 g/mol. The molecule has 0 aromatic heterocycles. The minimum Gasteiger partial charge on any atom is -0.348 e. The Balaban J connectivity index is 1.79. The van der Waals surface area contributed by atoms with Crippen LogP contribution in [0.15, 0.2) is 18.2 Å². The first-order valence-corrected chi connectivity index (χ1v) is 7.39. The van der Waals surface area contributed by atoms with Crippen molar-refractivity contribution in [2.45, 2.75) is 12.5 Å². The molecule has 1 atom stereocenters. The van der Waals surface area contributed by atoms with Crippen LogP contribution < -0.4 is 20.9 Å². The van der Waals surface area contributed by atoms with Crippen LogP contribution in [0.5, 0.6) is 0 Å². The van der Waals surface area contributed by atoms with Gasteiger partial charge in [-0.05, 0) is 31.2 Å². The molecule has 0 radical (unpaired) electrons. The Morgan fingerprint density at radius 3 is 2.90 bits per heavy atom. The fourth-order valence-electron chi connectivity index (χ4n) is 2.61. The first kappa shape index (κ1) is 14.2. The lowest BCUT2D eigenvalue weighted by Gasteiger charge is -2.17. The minimum atomic E-state index is -0.186. The standard InChI is InChI=1S/C14H17ClN4O2/c15-11-2-1-9(13(20)18-10-3-4-16-8-10)7-12(11)19-6-5-17-14(19)21/h1-2,7,10,16H,3-6,8H2,(H,17,21)(H,18,20). The summed E-state index contributed by atoms with van der Waals surface area (Å²) in [5.41, 5.74) is 1.09. The molecule has 2 heterocycles. The largest absolute Gasteiger partial charge is 0.348 e. The van der Waals surface area contributed by atoms with E-state index in [2.05, 4.69) is 16.0 Å². The number of rotatable bonds is 3. The molecular formula is C14H17ClN4O2. The summed E-state index contributed by atoms with van der Waals surface area (Å²) >= 11 is 6.15. The van der Waals surface area contributed by atoms with Gasteiger partial charge in [-0.15, -0.1) is 0 Å². The summed E-state index contributed by atoms with van der Waals surface area (Å²) in [6.45, 7) is 2.85. The van der Waals surface area contributed by atoms with Gasteiger partial charge in [0.2, 0.25) is 0 Å². The van der Waals surface area contributed by atoms with E-state index in [4.69, 9.17) is 11.6 Å². The Bertz CT molecular complexity index is 572. The molecule has 2 aliphatic rings. The van der Waals surface area contributed by atoms with Crippen LogP contribution in [-0.4, -0.2) is 44.2 Å². The van der Waals surface area contributed by atoms with Gasteiger partial charge in [0.25, 0.3) is 5.91 Å². The van der Waals surface area contributed by atoms with E-state index < -0.39 is 0 Å². The van der Waals surface area contributed by atoms with Crippen molar-refractivity contribution in [1.29, 1.82) is 0 Å². The number of nitrogens with zero attached hydrogens (tertiary/aromatic N) is 1. The van der Waals surface area contributed by atoms with Crippen LogP contribution in [0.4, 0.5) is 10.5 Å². The number of urea groups is 1. The molecule has 0 spiro atoms. The van der Waals surface area contributed by atoms with E-state index >= 15 is 0 Å². The van der Waals surface area contributed by atoms with Crippen molar-refractivity contribution in [3.63, 3.8) is 0 Å². The van der Waals surface area contributed by atoms with Crippen LogP contribution in [0, 0.1) is 0 Å². The van der Waals surface area contributed by atoms with Crippen LogP contribution in [-0.2, 0) is 0 Å². The highest BCUT2D eigenvalue weighted by Gasteiger charge is 2.24. The van der Waals surface area contributed by atoms with Crippen molar-refractivity contribution in [3.8, 4) is 0 Å². The topological polar surface area (TPSA) is 73.5 Å². The number of nitrogens with one attached hydrogen (secondary N) is 3. The number of halogens is 1. The van der Waals surface area contributed by atoms with Crippen molar-refractivity contribution >= 4 is 29.2 Å². The fourth-order valence-corrected chi connectivity index (χ4v) is 2.83. The summed E-state index contributed by atoms with van der Waals surface area (Å²) in [4.78, 5) is 25.5. The molecule has 3 N–H and O–H groups in total. The van der Waals surface area contributed by atoms with Crippen LogP contribution >= 0.6 is 11.6 Å². The Hall–Kier alpha value is -1.79. The van der Waals surface area contributed by atoms with Crippen LogP contribution in [0.25, 0.3) is 0 Å². The van der Waals surface area contributed by atoms with Crippen molar-refractivity contribution in [2.24, 2.45) is 0 Å². The number of benzene rings is 1. The second-order valence-electron chi connectivity index (χ2n) is 5.21. The highest BCUT2D eigenvalue weighted by molar-refractivity contribution is 6.34. The molecule has 0 saturated carbocycles. The molecule has 21 heavy (non-hydrogen) atoms. The van der Waals surface area contributed by atoms with Gasteiger partial charge in [-0.25, -0.2) is 4.79 Å². The summed E-state index contributed by atoms with van der Waals surface area (Å²) < 4.78 is 0. The van der Waals surface area contributed by atoms with E-state index in [9.17, 15) is 9.59 Å². The molecule has 2 aliphatic heterocycles. The maximum atomic E-state index is 12.3. The van der Waals surface area contributed by atoms with Gasteiger partial charge in [0, 0.05) is 31.2 Å². The summed E-state index contributed by atoms with van der Waals surface area (Å²) in [6, 6.07) is 4.98. The lowest BCUT2D eigenvalue weighted by Crippen LogP contribution is -2.36. The molecule has 3 rings (SSSR count). The molecule has 2 saturated heterocycles. The minimum absolute atomic E-state index is 0.138. The molecule has 2 fully saturated rings. The zero-order valence-corrected chi connectivity index (χ0v) is 12.2. The predicted octanol–water partition coefficient (Wildman–Crippen LogP) is 0.961. The molecule has 0 bridgehead atoms. The number of carbonyl (C=O) groups is 2. The molecule has 1 aromatic carbocycles. The third kappa shape index (κ3) is 2.96. The average Bonchev–Trinajstić information content (AvgIpc) is 3.11.